The maximum atomic E-state index is 12.1. The molecular formula is C15H19NO5. The van der Waals surface area contributed by atoms with Crippen LogP contribution in [0.5, 0.6) is 0 Å². The van der Waals surface area contributed by atoms with Crippen LogP contribution in [-0.4, -0.2) is 48.7 Å². The van der Waals surface area contributed by atoms with Gasteiger partial charge in [0.05, 0.1) is 19.5 Å². The smallest absolute Gasteiger partial charge is 0.223 e. The molecule has 1 spiro atoms. The largest absolute Gasteiger partial charge is 0.461 e. The van der Waals surface area contributed by atoms with Gasteiger partial charge in [-0.1, -0.05) is 0 Å². The molecule has 6 nitrogen and oxygen atoms in total. The highest BCUT2D eigenvalue weighted by Crippen LogP contribution is 2.31. The number of ether oxygens (including phenoxy) is 2. The molecule has 1 aromatic rings. The Morgan fingerprint density at radius 1 is 1.14 bits per heavy atom. The summed E-state index contributed by atoms with van der Waals surface area (Å²) < 4.78 is 16.3. The van der Waals surface area contributed by atoms with Crippen molar-refractivity contribution in [1.82, 2.24) is 4.90 Å². The molecule has 2 aliphatic rings. The molecule has 2 fully saturated rings. The van der Waals surface area contributed by atoms with Gasteiger partial charge in [-0.05, 0) is 12.1 Å². The molecule has 0 N–H and O–H groups in total. The molecule has 6 heteroatoms. The van der Waals surface area contributed by atoms with Gasteiger partial charge >= 0.3 is 0 Å². The Morgan fingerprint density at radius 3 is 2.48 bits per heavy atom. The van der Waals surface area contributed by atoms with Gasteiger partial charge in [0, 0.05) is 38.8 Å². The van der Waals surface area contributed by atoms with Gasteiger partial charge in [-0.3, -0.25) is 9.59 Å². The molecule has 0 radical (unpaired) electrons. The molecule has 2 aliphatic heterocycles. The Kier molecular flexibility index (Phi) is 4.07. The van der Waals surface area contributed by atoms with Crippen LogP contribution < -0.4 is 0 Å². The quantitative estimate of drug-likeness (QED) is 0.789. The van der Waals surface area contributed by atoms with Crippen LogP contribution in [0.4, 0.5) is 0 Å². The van der Waals surface area contributed by atoms with E-state index in [-0.39, 0.29) is 24.5 Å². The summed E-state index contributed by atoms with van der Waals surface area (Å²) in [6, 6.07) is 3.28. The van der Waals surface area contributed by atoms with Crippen molar-refractivity contribution in [3.63, 3.8) is 0 Å². The number of rotatable bonds is 4. The van der Waals surface area contributed by atoms with Crippen LogP contribution in [0.25, 0.3) is 0 Å². The predicted molar refractivity (Wildman–Crippen MR) is 72.7 cm³/mol. The topological polar surface area (TPSA) is 69.0 Å². The van der Waals surface area contributed by atoms with Crippen molar-refractivity contribution in [3.8, 4) is 0 Å². The first kappa shape index (κ1) is 14.3. The van der Waals surface area contributed by atoms with Gasteiger partial charge in [0.25, 0.3) is 0 Å². The van der Waals surface area contributed by atoms with E-state index >= 15 is 0 Å². The summed E-state index contributed by atoms with van der Waals surface area (Å²) in [6.45, 7) is 2.50. The van der Waals surface area contributed by atoms with Crippen LogP contribution in [0, 0.1) is 0 Å². The number of likely N-dealkylation sites (tertiary alicyclic amines) is 1. The van der Waals surface area contributed by atoms with E-state index in [2.05, 4.69) is 0 Å². The van der Waals surface area contributed by atoms with Crippen molar-refractivity contribution in [3.05, 3.63) is 24.2 Å². The van der Waals surface area contributed by atoms with Crippen LogP contribution in [0.2, 0.25) is 0 Å². The van der Waals surface area contributed by atoms with Crippen LogP contribution in [0.3, 0.4) is 0 Å². The Balaban J connectivity index is 1.45. The van der Waals surface area contributed by atoms with Crippen molar-refractivity contribution >= 4 is 11.7 Å². The minimum atomic E-state index is -0.471. The number of amides is 1. The molecule has 114 valence electrons. The average Bonchev–Trinajstić information content (AvgIpc) is 3.17. The first-order chi connectivity index (χ1) is 10.2. The molecule has 0 aliphatic carbocycles. The van der Waals surface area contributed by atoms with Gasteiger partial charge in [0.2, 0.25) is 5.91 Å². The van der Waals surface area contributed by atoms with E-state index in [0.717, 1.165) is 0 Å². The molecule has 0 atom stereocenters. The van der Waals surface area contributed by atoms with Crippen molar-refractivity contribution in [2.45, 2.75) is 31.5 Å². The first-order valence-corrected chi connectivity index (χ1v) is 7.31. The maximum Gasteiger partial charge on any atom is 0.223 e. The van der Waals surface area contributed by atoms with Gasteiger partial charge < -0.3 is 18.8 Å². The average molecular weight is 293 g/mol. The summed E-state index contributed by atoms with van der Waals surface area (Å²) in [7, 11) is 0. The fraction of sp³-hybridized carbons (Fsp3) is 0.600. The predicted octanol–water partition coefficient (Wildman–Crippen LogP) is 1.61. The minimum absolute atomic E-state index is 0.00255. The fourth-order valence-corrected chi connectivity index (χ4v) is 2.82. The standard InChI is InChI=1S/C15H19NO5/c17-12(13-2-1-9-19-13)3-4-14(18)16-7-5-15(6-8-16)20-10-11-21-15/h1-2,9H,3-8,10-11H2. The van der Waals surface area contributed by atoms with Crippen LogP contribution in [-0.2, 0) is 14.3 Å². The number of hydrogen-bond acceptors (Lipinski definition) is 5. The third kappa shape index (κ3) is 3.16. The zero-order valence-corrected chi connectivity index (χ0v) is 11.9. The molecule has 0 aromatic carbocycles. The number of nitrogens with zero attached hydrogens (tertiary/aromatic N) is 1. The summed E-state index contributed by atoms with van der Waals surface area (Å²) >= 11 is 0. The molecule has 1 amide bonds. The third-order valence-electron chi connectivity index (χ3n) is 4.05. The highest BCUT2D eigenvalue weighted by atomic mass is 16.7. The Hall–Kier alpha value is -1.66. The van der Waals surface area contributed by atoms with Gasteiger partial charge in [-0.25, -0.2) is 0 Å². The Morgan fingerprint density at radius 2 is 1.86 bits per heavy atom. The number of piperidine rings is 1. The van der Waals surface area contributed by atoms with Crippen molar-refractivity contribution in [2.24, 2.45) is 0 Å². The normalized spacial score (nSPS) is 20.9. The molecule has 0 saturated carbocycles. The minimum Gasteiger partial charge on any atom is -0.461 e. The summed E-state index contributed by atoms with van der Waals surface area (Å²) in [5.41, 5.74) is 0. The molecule has 0 bridgehead atoms. The van der Waals surface area contributed by atoms with Crippen LogP contribution in [0.15, 0.2) is 22.8 Å². The van der Waals surface area contributed by atoms with Gasteiger partial charge in [-0.15, -0.1) is 0 Å². The van der Waals surface area contributed by atoms with Crippen LogP contribution in [0.1, 0.15) is 36.2 Å². The molecule has 2 saturated heterocycles. The lowest BCUT2D eigenvalue weighted by molar-refractivity contribution is -0.187. The van der Waals surface area contributed by atoms with Gasteiger partial charge in [0.15, 0.2) is 17.3 Å². The van der Waals surface area contributed by atoms with Gasteiger partial charge in [-0.2, -0.15) is 0 Å². The van der Waals surface area contributed by atoms with Crippen molar-refractivity contribution < 1.29 is 23.5 Å². The number of carbonyl (C=O) groups is 2. The summed E-state index contributed by atoms with van der Waals surface area (Å²) in [4.78, 5) is 25.7. The third-order valence-corrected chi connectivity index (χ3v) is 4.05. The van der Waals surface area contributed by atoms with Gasteiger partial charge in [0.1, 0.15) is 0 Å². The van der Waals surface area contributed by atoms with Crippen LogP contribution >= 0.6 is 0 Å². The Labute approximate surface area is 123 Å². The molecule has 3 rings (SSSR count). The van der Waals surface area contributed by atoms with E-state index in [9.17, 15) is 9.59 Å². The van der Waals surface area contributed by atoms with E-state index in [1.807, 2.05) is 0 Å². The number of ketones is 1. The second-order valence-electron chi connectivity index (χ2n) is 5.39. The SMILES string of the molecule is O=C(CCC(=O)N1CCC2(CC1)OCCO2)c1ccco1. The summed E-state index contributed by atoms with van der Waals surface area (Å²) in [5, 5.41) is 0. The second-order valence-corrected chi connectivity index (χ2v) is 5.39. The zero-order chi connectivity index (χ0) is 14.7. The monoisotopic (exact) mass is 293 g/mol. The fourth-order valence-electron chi connectivity index (χ4n) is 2.82. The van der Waals surface area contributed by atoms with E-state index < -0.39 is 5.79 Å². The number of carbonyl (C=O) groups excluding carboxylic acids is 2. The Bertz CT molecular complexity index is 494. The van der Waals surface area contributed by atoms with E-state index in [1.54, 1.807) is 17.0 Å². The lowest BCUT2D eigenvalue weighted by Gasteiger charge is -2.37. The lowest BCUT2D eigenvalue weighted by atomic mass is 10.0. The van der Waals surface area contributed by atoms with E-state index in [0.29, 0.717) is 44.9 Å². The summed E-state index contributed by atoms with van der Waals surface area (Å²) in [5.74, 6) is -0.291. The number of furan rings is 1. The number of hydrogen-bond donors (Lipinski definition) is 0. The molecule has 1 aromatic heterocycles. The van der Waals surface area contributed by atoms with E-state index in [1.165, 1.54) is 6.26 Å². The second kappa shape index (κ2) is 5.99. The maximum absolute atomic E-state index is 12.1. The molecular weight excluding hydrogens is 274 g/mol. The molecule has 21 heavy (non-hydrogen) atoms. The first-order valence-electron chi connectivity index (χ1n) is 7.31. The molecule has 0 unspecified atom stereocenters. The summed E-state index contributed by atoms with van der Waals surface area (Å²) in [6.07, 6.45) is 3.26. The van der Waals surface area contributed by atoms with E-state index in [4.69, 9.17) is 13.9 Å². The number of Topliss-reactive ketones (excluding diaryl/α,β-unsaturated/α-hetero) is 1. The lowest BCUT2D eigenvalue weighted by Crippen LogP contribution is -2.47. The highest BCUT2D eigenvalue weighted by molar-refractivity contribution is 5.95. The highest BCUT2D eigenvalue weighted by Gasteiger charge is 2.40. The molecule has 3 heterocycles. The van der Waals surface area contributed by atoms with Crippen molar-refractivity contribution in [1.29, 1.82) is 0 Å². The zero-order valence-electron chi connectivity index (χ0n) is 11.9. The van der Waals surface area contributed by atoms with Crippen molar-refractivity contribution in [2.75, 3.05) is 26.3 Å².